The number of hydrogen-bond acceptors (Lipinski definition) is 6. The van der Waals surface area contributed by atoms with Crippen LogP contribution in [-0.2, 0) is 6.54 Å². The number of Topliss-reactive ketones (excluding diaryl/α,β-unsaturated/α-hetero) is 1. The van der Waals surface area contributed by atoms with Crippen LogP contribution >= 0.6 is 11.8 Å². The number of methoxy groups -OCH3 is 1. The zero-order valence-corrected chi connectivity index (χ0v) is 16.1. The first-order valence-electron chi connectivity index (χ1n) is 8.31. The van der Waals surface area contributed by atoms with Gasteiger partial charge in [0.2, 0.25) is 5.16 Å². The van der Waals surface area contributed by atoms with Crippen LogP contribution in [0.5, 0.6) is 5.75 Å². The highest BCUT2D eigenvalue weighted by molar-refractivity contribution is 7.99. The van der Waals surface area contributed by atoms with Gasteiger partial charge in [-0.1, -0.05) is 23.9 Å². The third kappa shape index (κ3) is 3.37. The fourth-order valence-corrected chi connectivity index (χ4v) is 3.77. The maximum Gasteiger partial charge on any atom is 0.214 e. The van der Waals surface area contributed by atoms with E-state index in [0.717, 1.165) is 29.2 Å². The van der Waals surface area contributed by atoms with E-state index < -0.39 is 0 Å². The Morgan fingerprint density at radius 2 is 2.04 bits per heavy atom. The number of carbonyl (C=O) groups excluding carboxylic acids is 1. The SMILES string of the molecule is CCn1c(C)cc(C(=O)CSc2nnnn2-c2ccccc2OC)c1C. The molecule has 8 heteroatoms. The van der Waals surface area contributed by atoms with Gasteiger partial charge in [-0.3, -0.25) is 4.79 Å². The summed E-state index contributed by atoms with van der Waals surface area (Å²) in [7, 11) is 1.60. The van der Waals surface area contributed by atoms with Gasteiger partial charge in [0, 0.05) is 23.5 Å². The summed E-state index contributed by atoms with van der Waals surface area (Å²) in [6, 6.07) is 9.43. The molecule has 0 saturated heterocycles. The van der Waals surface area contributed by atoms with Crippen molar-refractivity contribution in [1.29, 1.82) is 0 Å². The van der Waals surface area contributed by atoms with E-state index in [1.54, 1.807) is 11.8 Å². The van der Waals surface area contributed by atoms with Gasteiger partial charge in [0.15, 0.2) is 5.78 Å². The lowest BCUT2D eigenvalue weighted by Gasteiger charge is -2.09. The molecule has 0 fully saturated rings. The second kappa shape index (κ2) is 7.74. The van der Waals surface area contributed by atoms with Crippen molar-refractivity contribution in [2.45, 2.75) is 32.5 Å². The summed E-state index contributed by atoms with van der Waals surface area (Å²) in [6.07, 6.45) is 0. The van der Waals surface area contributed by atoms with Crippen molar-refractivity contribution in [3.05, 3.63) is 47.3 Å². The number of para-hydroxylation sites is 2. The molecular weight excluding hydrogens is 350 g/mol. The van der Waals surface area contributed by atoms with Crippen LogP contribution in [0, 0.1) is 13.8 Å². The largest absolute Gasteiger partial charge is 0.494 e. The number of aryl methyl sites for hydroxylation is 1. The predicted octanol–water partition coefficient (Wildman–Crippen LogP) is 3.08. The van der Waals surface area contributed by atoms with Crippen LogP contribution in [0.1, 0.15) is 28.7 Å². The summed E-state index contributed by atoms with van der Waals surface area (Å²) in [5.41, 5.74) is 3.59. The average molecular weight is 371 g/mol. The zero-order valence-electron chi connectivity index (χ0n) is 15.3. The molecule has 0 aliphatic heterocycles. The van der Waals surface area contributed by atoms with Crippen molar-refractivity contribution in [3.63, 3.8) is 0 Å². The second-order valence-corrected chi connectivity index (χ2v) is 6.73. The number of thioether (sulfide) groups is 1. The number of aromatic nitrogens is 5. The number of ether oxygens (including phenoxy) is 1. The van der Waals surface area contributed by atoms with Gasteiger partial charge in [0.1, 0.15) is 11.4 Å². The van der Waals surface area contributed by atoms with Crippen molar-refractivity contribution < 1.29 is 9.53 Å². The highest BCUT2D eigenvalue weighted by atomic mass is 32.2. The topological polar surface area (TPSA) is 74.8 Å². The molecule has 0 amide bonds. The summed E-state index contributed by atoms with van der Waals surface area (Å²) in [5, 5.41) is 12.4. The zero-order chi connectivity index (χ0) is 18.7. The molecule has 1 aromatic carbocycles. The number of hydrogen-bond donors (Lipinski definition) is 0. The molecular formula is C18H21N5O2S. The van der Waals surface area contributed by atoms with Crippen molar-refractivity contribution >= 4 is 17.5 Å². The van der Waals surface area contributed by atoms with Crippen LogP contribution in [0.15, 0.2) is 35.5 Å². The molecule has 0 N–H and O–H groups in total. The van der Waals surface area contributed by atoms with E-state index in [2.05, 4.69) is 27.0 Å². The second-order valence-electron chi connectivity index (χ2n) is 5.79. The number of rotatable bonds is 7. The van der Waals surface area contributed by atoms with Crippen LogP contribution in [0.25, 0.3) is 5.69 Å². The Kier molecular flexibility index (Phi) is 5.41. The molecule has 0 atom stereocenters. The number of ketones is 1. The minimum atomic E-state index is 0.0670. The van der Waals surface area contributed by atoms with Gasteiger partial charge in [-0.25, -0.2) is 0 Å². The Labute approximate surface area is 156 Å². The van der Waals surface area contributed by atoms with Crippen LogP contribution in [0.4, 0.5) is 0 Å². The van der Waals surface area contributed by atoms with E-state index in [-0.39, 0.29) is 11.5 Å². The minimum absolute atomic E-state index is 0.0670. The minimum Gasteiger partial charge on any atom is -0.494 e. The molecule has 2 aromatic heterocycles. The summed E-state index contributed by atoms with van der Waals surface area (Å²) in [5.74, 6) is 1.00. The Bertz CT molecular complexity index is 932. The van der Waals surface area contributed by atoms with Gasteiger partial charge in [0.05, 0.1) is 12.9 Å². The maximum absolute atomic E-state index is 12.7. The van der Waals surface area contributed by atoms with Gasteiger partial charge >= 0.3 is 0 Å². The molecule has 136 valence electrons. The molecule has 0 saturated carbocycles. The van der Waals surface area contributed by atoms with Crippen molar-refractivity contribution in [3.8, 4) is 11.4 Å². The van der Waals surface area contributed by atoms with Crippen LogP contribution in [-0.4, -0.2) is 43.4 Å². The van der Waals surface area contributed by atoms with E-state index in [9.17, 15) is 4.79 Å². The van der Waals surface area contributed by atoms with Crippen LogP contribution in [0.3, 0.4) is 0 Å². The van der Waals surface area contributed by atoms with E-state index in [4.69, 9.17) is 4.74 Å². The third-order valence-corrected chi connectivity index (χ3v) is 5.20. The first kappa shape index (κ1) is 18.2. The van der Waals surface area contributed by atoms with E-state index >= 15 is 0 Å². The molecule has 3 aromatic rings. The van der Waals surface area contributed by atoms with E-state index in [0.29, 0.717) is 10.9 Å². The molecule has 26 heavy (non-hydrogen) atoms. The molecule has 0 spiro atoms. The predicted molar refractivity (Wildman–Crippen MR) is 100 cm³/mol. The Balaban J connectivity index is 1.80. The molecule has 2 heterocycles. The van der Waals surface area contributed by atoms with Gasteiger partial charge in [0.25, 0.3) is 0 Å². The fraction of sp³-hybridized carbons (Fsp3) is 0.333. The Hall–Kier alpha value is -2.61. The number of nitrogens with zero attached hydrogens (tertiary/aromatic N) is 5. The lowest BCUT2D eigenvalue weighted by Crippen LogP contribution is -2.07. The van der Waals surface area contributed by atoms with Crippen LogP contribution < -0.4 is 4.74 Å². The summed E-state index contributed by atoms with van der Waals surface area (Å²) in [4.78, 5) is 12.7. The van der Waals surface area contributed by atoms with Crippen LogP contribution in [0.2, 0.25) is 0 Å². The fourth-order valence-electron chi connectivity index (χ4n) is 3.00. The lowest BCUT2D eigenvalue weighted by atomic mass is 10.2. The summed E-state index contributed by atoms with van der Waals surface area (Å²) < 4.78 is 9.09. The normalized spacial score (nSPS) is 10.9. The standard InChI is InChI=1S/C18H21N5O2S/c1-5-22-12(2)10-14(13(22)3)16(24)11-26-18-19-20-21-23(18)15-8-6-7-9-17(15)25-4/h6-10H,5,11H2,1-4H3. The Morgan fingerprint density at radius 3 is 2.73 bits per heavy atom. The summed E-state index contributed by atoms with van der Waals surface area (Å²) in [6.45, 7) is 6.92. The molecule has 0 aliphatic rings. The molecule has 0 aliphatic carbocycles. The highest BCUT2D eigenvalue weighted by Crippen LogP contribution is 2.26. The van der Waals surface area contributed by atoms with Gasteiger partial charge < -0.3 is 9.30 Å². The van der Waals surface area contributed by atoms with E-state index in [1.807, 2.05) is 44.2 Å². The van der Waals surface area contributed by atoms with Gasteiger partial charge in [-0.05, 0) is 49.4 Å². The smallest absolute Gasteiger partial charge is 0.214 e. The molecule has 0 unspecified atom stereocenters. The molecule has 7 nitrogen and oxygen atoms in total. The van der Waals surface area contributed by atoms with Crippen molar-refractivity contribution in [2.24, 2.45) is 0 Å². The maximum atomic E-state index is 12.7. The highest BCUT2D eigenvalue weighted by Gasteiger charge is 2.18. The number of benzene rings is 1. The van der Waals surface area contributed by atoms with Crippen molar-refractivity contribution in [2.75, 3.05) is 12.9 Å². The molecule has 0 radical (unpaired) electrons. The quantitative estimate of drug-likeness (QED) is 0.469. The van der Waals surface area contributed by atoms with E-state index in [1.165, 1.54) is 11.8 Å². The monoisotopic (exact) mass is 371 g/mol. The molecule has 3 rings (SSSR count). The Morgan fingerprint density at radius 1 is 1.27 bits per heavy atom. The number of carbonyl (C=O) groups is 1. The van der Waals surface area contributed by atoms with Gasteiger partial charge in [-0.15, -0.1) is 5.10 Å². The lowest BCUT2D eigenvalue weighted by molar-refractivity contribution is 0.102. The van der Waals surface area contributed by atoms with Crippen molar-refractivity contribution in [1.82, 2.24) is 24.8 Å². The number of tetrazole rings is 1. The van der Waals surface area contributed by atoms with Gasteiger partial charge in [-0.2, -0.15) is 4.68 Å². The third-order valence-electron chi connectivity index (χ3n) is 4.28. The first-order chi connectivity index (χ1) is 12.6. The first-order valence-corrected chi connectivity index (χ1v) is 9.29. The molecule has 0 bridgehead atoms. The summed E-state index contributed by atoms with van der Waals surface area (Å²) >= 11 is 1.31. The average Bonchev–Trinajstić information content (AvgIpc) is 3.23.